The third-order valence-electron chi connectivity index (χ3n) is 3.38. The highest BCUT2D eigenvalue weighted by atomic mass is 16.2. The van der Waals surface area contributed by atoms with E-state index in [-0.39, 0.29) is 5.91 Å². The van der Waals surface area contributed by atoms with Crippen LogP contribution in [0.5, 0.6) is 0 Å². The summed E-state index contributed by atoms with van der Waals surface area (Å²) in [5.41, 5.74) is 2.03. The summed E-state index contributed by atoms with van der Waals surface area (Å²) in [4.78, 5) is 14.0. The van der Waals surface area contributed by atoms with Gasteiger partial charge in [-0.1, -0.05) is 36.4 Å². The Hall–Kier alpha value is -3.21. The summed E-state index contributed by atoms with van der Waals surface area (Å²) in [6.45, 7) is 0. The van der Waals surface area contributed by atoms with E-state index in [9.17, 15) is 4.79 Å². The zero-order chi connectivity index (χ0) is 16.1. The average molecular weight is 304 g/mol. The quantitative estimate of drug-likeness (QED) is 0.801. The maximum Gasteiger partial charge on any atom is 0.278 e. The van der Waals surface area contributed by atoms with E-state index in [1.54, 1.807) is 24.1 Å². The summed E-state index contributed by atoms with van der Waals surface area (Å²) >= 11 is 0. The second kappa shape index (κ2) is 6.70. The minimum atomic E-state index is -0.199. The van der Waals surface area contributed by atoms with Crippen LogP contribution in [0, 0.1) is 0 Å². The van der Waals surface area contributed by atoms with Crippen LogP contribution in [0.4, 0.5) is 17.2 Å². The number of rotatable bonds is 4. The molecule has 2 aromatic carbocycles. The van der Waals surface area contributed by atoms with Crippen LogP contribution in [0.3, 0.4) is 0 Å². The molecule has 1 N–H and O–H groups in total. The molecule has 23 heavy (non-hydrogen) atoms. The predicted molar refractivity (Wildman–Crippen MR) is 90.9 cm³/mol. The molecule has 0 unspecified atom stereocenters. The van der Waals surface area contributed by atoms with Gasteiger partial charge < -0.3 is 10.2 Å². The lowest BCUT2D eigenvalue weighted by molar-refractivity contribution is 0.0987. The molecule has 3 aromatic rings. The number of nitrogens with zero attached hydrogens (tertiary/aromatic N) is 3. The zero-order valence-electron chi connectivity index (χ0n) is 12.7. The zero-order valence-corrected chi connectivity index (χ0v) is 12.7. The van der Waals surface area contributed by atoms with E-state index < -0.39 is 0 Å². The van der Waals surface area contributed by atoms with Crippen LogP contribution < -0.4 is 10.2 Å². The molecule has 0 fully saturated rings. The number of carbonyl (C=O) groups excluding carboxylic acids is 1. The molecule has 0 aliphatic carbocycles. The molecule has 114 valence electrons. The molecule has 0 radical (unpaired) electrons. The summed E-state index contributed by atoms with van der Waals surface area (Å²) in [7, 11) is 1.72. The molecule has 1 aromatic heterocycles. The Labute approximate surface area is 134 Å². The number of anilines is 3. The first-order valence-electron chi connectivity index (χ1n) is 7.23. The average Bonchev–Trinajstić information content (AvgIpc) is 2.63. The van der Waals surface area contributed by atoms with Gasteiger partial charge in [-0.25, -0.2) is 0 Å². The van der Waals surface area contributed by atoms with Crippen molar-refractivity contribution in [1.29, 1.82) is 0 Å². The lowest BCUT2D eigenvalue weighted by atomic mass is 10.2. The van der Waals surface area contributed by atoms with Crippen molar-refractivity contribution in [2.24, 2.45) is 0 Å². The van der Waals surface area contributed by atoms with Crippen LogP contribution in [0.2, 0.25) is 0 Å². The number of carbonyl (C=O) groups is 1. The first kappa shape index (κ1) is 14.7. The van der Waals surface area contributed by atoms with E-state index in [0.717, 1.165) is 11.4 Å². The molecule has 0 spiro atoms. The molecular weight excluding hydrogens is 288 g/mol. The Kier molecular flexibility index (Phi) is 4.29. The summed E-state index contributed by atoms with van der Waals surface area (Å²) < 4.78 is 0. The fourth-order valence-electron chi connectivity index (χ4n) is 2.12. The molecule has 3 rings (SSSR count). The molecule has 0 saturated carbocycles. The van der Waals surface area contributed by atoms with Gasteiger partial charge in [0.1, 0.15) is 0 Å². The molecule has 1 heterocycles. The molecule has 0 atom stereocenters. The second-order valence-electron chi connectivity index (χ2n) is 4.99. The Morgan fingerprint density at radius 2 is 1.52 bits per heavy atom. The summed E-state index contributed by atoms with van der Waals surface area (Å²) in [6, 6.07) is 22.5. The summed E-state index contributed by atoms with van der Waals surface area (Å²) in [6.07, 6.45) is 0. The highest BCUT2D eigenvalue weighted by molar-refractivity contribution is 6.04. The maximum atomic E-state index is 12.4. The number of nitrogens with one attached hydrogen (secondary N) is 1. The Morgan fingerprint density at radius 1 is 0.870 bits per heavy atom. The van der Waals surface area contributed by atoms with E-state index in [0.29, 0.717) is 11.5 Å². The van der Waals surface area contributed by atoms with Crippen molar-refractivity contribution in [3.05, 3.63) is 78.5 Å². The first-order chi connectivity index (χ1) is 11.2. The van der Waals surface area contributed by atoms with Gasteiger partial charge in [0.25, 0.3) is 5.91 Å². The van der Waals surface area contributed by atoms with Crippen LogP contribution >= 0.6 is 0 Å². The Balaban J connectivity index is 1.73. The Morgan fingerprint density at radius 3 is 2.13 bits per heavy atom. The van der Waals surface area contributed by atoms with Gasteiger partial charge in [-0.2, -0.15) is 0 Å². The van der Waals surface area contributed by atoms with Crippen LogP contribution in [-0.4, -0.2) is 23.2 Å². The standard InChI is InChI=1S/C18H16N4O/c1-22(15-10-6-3-7-11-15)18(23)16-12-13-17(21-20-16)19-14-8-4-2-5-9-14/h2-13H,1H3,(H,19,21). The van der Waals surface area contributed by atoms with Gasteiger partial charge in [-0.3, -0.25) is 4.79 Å². The number of benzene rings is 2. The van der Waals surface area contributed by atoms with Crippen LogP contribution in [0.25, 0.3) is 0 Å². The number of hydrogen-bond donors (Lipinski definition) is 1. The third-order valence-corrected chi connectivity index (χ3v) is 3.38. The molecule has 1 amide bonds. The lowest BCUT2D eigenvalue weighted by Gasteiger charge is -2.16. The summed E-state index contributed by atoms with van der Waals surface area (Å²) in [5.74, 6) is 0.394. The normalized spacial score (nSPS) is 10.1. The van der Waals surface area contributed by atoms with Crippen LogP contribution in [-0.2, 0) is 0 Å². The predicted octanol–water partition coefficient (Wildman–Crippen LogP) is 3.50. The van der Waals surface area contributed by atoms with Gasteiger partial charge in [-0.15, -0.1) is 10.2 Å². The molecule has 0 saturated heterocycles. The topological polar surface area (TPSA) is 58.1 Å². The van der Waals surface area contributed by atoms with Crippen molar-refractivity contribution in [2.75, 3.05) is 17.3 Å². The molecule has 0 aliphatic heterocycles. The van der Waals surface area contributed by atoms with Crippen molar-refractivity contribution in [3.63, 3.8) is 0 Å². The molecule has 0 aliphatic rings. The van der Waals surface area contributed by atoms with Crippen LogP contribution in [0.1, 0.15) is 10.5 Å². The van der Waals surface area contributed by atoms with E-state index in [1.807, 2.05) is 60.7 Å². The SMILES string of the molecule is CN(C(=O)c1ccc(Nc2ccccc2)nn1)c1ccccc1. The highest BCUT2D eigenvalue weighted by Crippen LogP contribution is 2.16. The van der Waals surface area contributed by atoms with E-state index >= 15 is 0 Å². The molecular formula is C18H16N4O. The largest absolute Gasteiger partial charge is 0.339 e. The monoisotopic (exact) mass is 304 g/mol. The fourth-order valence-corrected chi connectivity index (χ4v) is 2.12. The van der Waals surface area contributed by atoms with Crippen LogP contribution in [0.15, 0.2) is 72.8 Å². The van der Waals surface area contributed by atoms with Gasteiger partial charge in [0.2, 0.25) is 0 Å². The molecule has 5 nitrogen and oxygen atoms in total. The Bertz CT molecular complexity index is 773. The van der Waals surface area contributed by atoms with Gasteiger partial charge in [0.15, 0.2) is 11.5 Å². The minimum Gasteiger partial charge on any atom is -0.339 e. The van der Waals surface area contributed by atoms with Crippen molar-refractivity contribution in [2.45, 2.75) is 0 Å². The lowest BCUT2D eigenvalue weighted by Crippen LogP contribution is -2.27. The van der Waals surface area contributed by atoms with E-state index in [4.69, 9.17) is 0 Å². The number of para-hydroxylation sites is 2. The number of hydrogen-bond acceptors (Lipinski definition) is 4. The van der Waals surface area contributed by atoms with E-state index in [1.165, 1.54) is 0 Å². The molecule has 0 bridgehead atoms. The van der Waals surface area contributed by atoms with Crippen molar-refractivity contribution in [1.82, 2.24) is 10.2 Å². The molecule has 5 heteroatoms. The maximum absolute atomic E-state index is 12.4. The van der Waals surface area contributed by atoms with Crippen molar-refractivity contribution >= 4 is 23.1 Å². The number of aromatic nitrogens is 2. The van der Waals surface area contributed by atoms with Crippen molar-refractivity contribution in [3.8, 4) is 0 Å². The number of amides is 1. The van der Waals surface area contributed by atoms with Gasteiger partial charge in [-0.05, 0) is 36.4 Å². The van der Waals surface area contributed by atoms with Gasteiger partial charge >= 0.3 is 0 Å². The van der Waals surface area contributed by atoms with E-state index in [2.05, 4.69) is 15.5 Å². The highest BCUT2D eigenvalue weighted by Gasteiger charge is 2.15. The smallest absolute Gasteiger partial charge is 0.278 e. The summed E-state index contributed by atoms with van der Waals surface area (Å²) in [5, 5.41) is 11.2. The van der Waals surface area contributed by atoms with Gasteiger partial charge in [0.05, 0.1) is 0 Å². The second-order valence-corrected chi connectivity index (χ2v) is 4.99. The third kappa shape index (κ3) is 3.52. The fraction of sp³-hybridized carbons (Fsp3) is 0.0556. The van der Waals surface area contributed by atoms with Gasteiger partial charge in [0, 0.05) is 18.4 Å². The first-order valence-corrected chi connectivity index (χ1v) is 7.23. The minimum absolute atomic E-state index is 0.199. The van der Waals surface area contributed by atoms with Crippen molar-refractivity contribution < 1.29 is 4.79 Å².